The smallest absolute Gasteiger partial charge is 0.262 e. The fraction of sp³-hybridized carbons (Fsp3) is 0.240. The highest BCUT2D eigenvalue weighted by Gasteiger charge is 2.27. The first-order valence-electron chi connectivity index (χ1n) is 10.5. The number of carbonyl (C=O) groups is 1. The molecule has 1 unspecified atom stereocenters. The van der Waals surface area contributed by atoms with E-state index in [0.717, 1.165) is 24.8 Å². The molecule has 0 spiro atoms. The molecular formula is C25H26N2O4S. The molecule has 0 fully saturated rings. The number of nitrogens with one attached hydrogen (secondary N) is 2. The van der Waals surface area contributed by atoms with Crippen LogP contribution in [0.3, 0.4) is 0 Å². The summed E-state index contributed by atoms with van der Waals surface area (Å²) in [6, 6.07) is 19.7. The lowest BCUT2D eigenvalue weighted by molar-refractivity contribution is -0.117. The van der Waals surface area contributed by atoms with Gasteiger partial charge in [-0.15, -0.1) is 0 Å². The highest BCUT2D eigenvalue weighted by Crippen LogP contribution is 2.33. The molecule has 1 atom stereocenters. The molecule has 1 aliphatic carbocycles. The van der Waals surface area contributed by atoms with Crippen LogP contribution < -0.4 is 14.8 Å². The minimum absolute atomic E-state index is 0.102. The monoisotopic (exact) mass is 450 g/mol. The van der Waals surface area contributed by atoms with Crippen molar-refractivity contribution >= 4 is 27.3 Å². The minimum Gasteiger partial charge on any atom is -0.495 e. The molecule has 0 bridgehead atoms. The van der Waals surface area contributed by atoms with Gasteiger partial charge in [-0.1, -0.05) is 42.5 Å². The number of hydrogen-bond donors (Lipinski definition) is 2. The van der Waals surface area contributed by atoms with E-state index in [1.165, 1.54) is 18.7 Å². The zero-order valence-corrected chi connectivity index (χ0v) is 18.9. The van der Waals surface area contributed by atoms with Gasteiger partial charge in [0.15, 0.2) is 0 Å². The number of para-hydroxylation sites is 2. The number of hydrogen-bond acceptors (Lipinski definition) is 4. The molecule has 0 heterocycles. The molecule has 1 amide bonds. The summed E-state index contributed by atoms with van der Waals surface area (Å²) >= 11 is 0. The molecule has 32 heavy (non-hydrogen) atoms. The molecule has 7 heteroatoms. The Morgan fingerprint density at radius 1 is 1.03 bits per heavy atom. The number of rotatable bonds is 6. The second-order valence-electron chi connectivity index (χ2n) is 7.92. The van der Waals surface area contributed by atoms with E-state index in [-0.39, 0.29) is 16.7 Å². The zero-order chi connectivity index (χ0) is 22.7. The Morgan fingerprint density at radius 3 is 2.59 bits per heavy atom. The Balaban J connectivity index is 1.59. The van der Waals surface area contributed by atoms with Crippen molar-refractivity contribution in [1.29, 1.82) is 0 Å². The third-order valence-corrected chi connectivity index (χ3v) is 7.29. The van der Waals surface area contributed by atoms with Crippen LogP contribution in [-0.2, 0) is 21.2 Å². The van der Waals surface area contributed by atoms with E-state index in [2.05, 4.69) is 16.1 Å². The minimum atomic E-state index is -3.89. The average Bonchev–Trinajstić information content (AvgIpc) is 2.80. The lowest BCUT2D eigenvalue weighted by atomic mass is 9.82. The molecular weight excluding hydrogens is 424 g/mol. The Bertz CT molecular complexity index is 1250. The standard InChI is InChI=1S/C25H26N2O4S/c1-17-14-15-19(26-25(28)21-11-7-9-18-8-3-4-10-20(18)21)16-24(17)32(29,30)27-22-12-5-6-13-23(22)31-2/h3-6,8,10,12-16,21,27H,7,9,11H2,1-2H3,(H,26,28). The lowest BCUT2D eigenvalue weighted by Gasteiger charge is -2.24. The first kappa shape index (κ1) is 21.9. The maximum atomic E-state index is 13.1. The number of carbonyl (C=O) groups excluding carboxylic acids is 1. The van der Waals surface area contributed by atoms with Crippen LogP contribution in [0.15, 0.2) is 71.6 Å². The highest BCUT2D eigenvalue weighted by atomic mass is 32.2. The summed E-state index contributed by atoms with van der Waals surface area (Å²) in [5, 5.41) is 2.92. The van der Waals surface area contributed by atoms with E-state index in [0.29, 0.717) is 22.7 Å². The predicted octanol–water partition coefficient (Wildman–Crippen LogP) is 4.86. The van der Waals surface area contributed by atoms with Gasteiger partial charge in [-0.25, -0.2) is 8.42 Å². The van der Waals surface area contributed by atoms with Crippen molar-refractivity contribution in [2.75, 3.05) is 17.1 Å². The third-order valence-electron chi connectivity index (χ3n) is 5.78. The molecule has 3 aromatic carbocycles. The van der Waals surface area contributed by atoms with Crippen molar-refractivity contribution in [2.45, 2.75) is 37.0 Å². The first-order valence-corrected chi connectivity index (χ1v) is 12.0. The maximum Gasteiger partial charge on any atom is 0.262 e. The van der Waals surface area contributed by atoms with Gasteiger partial charge >= 0.3 is 0 Å². The van der Waals surface area contributed by atoms with Gasteiger partial charge in [-0.2, -0.15) is 0 Å². The largest absolute Gasteiger partial charge is 0.495 e. The maximum absolute atomic E-state index is 13.1. The zero-order valence-electron chi connectivity index (χ0n) is 18.1. The van der Waals surface area contributed by atoms with Crippen LogP contribution in [0.2, 0.25) is 0 Å². The fourth-order valence-electron chi connectivity index (χ4n) is 4.15. The number of methoxy groups -OCH3 is 1. The molecule has 2 N–H and O–H groups in total. The van der Waals surface area contributed by atoms with Gasteiger partial charge in [0.1, 0.15) is 5.75 Å². The molecule has 0 radical (unpaired) electrons. The second-order valence-corrected chi connectivity index (χ2v) is 9.57. The van der Waals surface area contributed by atoms with Gasteiger partial charge in [-0.05, 0) is 67.1 Å². The molecule has 3 aromatic rings. The Kier molecular flexibility index (Phi) is 6.19. The van der Waals surface area contributed by atoms with Crippen LogP contribution in [0.25, 0.3) is 0 Å². The predicted molar refractivity (Wildman–Crippen MR) is 126 cm³/mol. The van der Waals surface area contributed by atoms with Crippen LogP contribution in [0.1, 0.15) is 35.4 Å². The summed E-state index contributed by atoms with van der Waals surface area (Å²) < 4.78 is 34.1. The summed E-state index contributed by atoms with van der Waals surface area (Å²) in [6.45, 7) is 1.72. The number of benzene rings is 3. The highest BCUT2D eigenvalue weighted by molar-refractivity contribution is 7.92. The summed E-state index contributed by atoms with van der Waals surface area (Å²) in [6.07, 6.45) is 2.70. The van der Waals surface area contributed by atoms with Gasteiger partial charge in [-0.3, -0.25) is 9.52 Å². The summed E-state index contributed by atoms with van der Waals surface area (Å²) in [5.74, 6) is 0.0594. The summed E-state index contributed by atoms with van der Waals surface area (Å²) in [5.41, 5.74) is 3.63. The van der Waals surface area contributed by atoms with Gasteiger partial charge in [0, 0.05) is 5.69 Å². The topological polar surface area (TPSA) is 84.5 Å². The number of aryl methyl sites for hydroxylation is 2. The number of fused-ring (bicyclic) bond motifs is 1. The third kappa shape index (κ3) is 4.48. The van der Waals surface area contributed by atoms with Gasteiger partial charge < -0.3 is 10.1 Å². The van der Waals surface area contributed by atoms with Gasteiger partial charge in [0.2, 0.25) is 5.91 Å². The number of amides is 1. The van der Waals surface area contributed by atoms with Crippen LogP contribution in [-0.4, -0.2) is 21.4 Å². The van der Waals surface area contributed by atoms with Gasteiger partial charge in [0.05, 0.1) is 23.6 Å². The Labute approximate surface area is 188 Å². The molecule has 4 rings (SSSR count). The average molecular weight is 451 g/mol. The van der Waals surface area contributed by atoms with Crippen molar-refractivity contribution in [1.82, 2.24) is 0 Å². The SMILES string of the molecule is COc1ccccc1NS(=O)(=O)c1cc(NC(=O)C2CCCc3ccccc32)ccc1C. The molecule has 166 valence electrons. The number of sulfonamides is 1. The molecule has 0 aliphatic heterocycles. The van der Waals surface area contributed by atoms with Gasteiger partial charge in [0.25, 0.3) is 10.0 Å². The fourth-order valence-corrected chi connectivity index (χ4v) is 5.49. The van der Waals surface area contributed by atoms with Crippen LogP contribution >= 0.6 is 0 Å². The van der Waals surface area contributed by atoms with E-state index < -0.39 is 10.0 Å². The Hall–Kier alpha value is -3.32. The second kappa shape index (κ2) is 9.04. The number of anilines is 2. The molecule has 1 aliphatic rings. The van der Waals surface area contributed by atoms with Crippen molar-refractivity contribution in [3.8, 4) is 5.75 Å². The Morgan fingerprint density at radius 2 is 1.78 bits per heavy atom. The molecule has 0 saturated heterocycles. The van der Waals surface area contributed by atoms with Crippen LogP contribution in [0, 0.1) is 6.92 Å². The molecule has 0 saturated carbocycles. The van der Waals surface area contributed by atoms with E-state index in [1.807, 2.05) is 18.2 Å². The van der Waals surface area contributed by atoms with E-state index in [1.54, 1.807) is 43.3 Å². The first-order chi connectivity index (χ1) is 15.4. The van der Waals surface area contributed by atoms with Crippen molar-refractivity contribution in [3.63, 3.8) is 0 Å². The van der Waals surface area contributed by atoms with E-state index in [9.17, 15) is 13.2 Å². The van der Waals surface area contributed by atoms with Crippen molar-refractivity contribution in [2.24, 2.45) is 0 Å². The quantitative estimate of drug-likeness (QED) is 0.562. The number of ether oxygens (including phenoxy) is 1. The molecule has 0 aromatic heterocycles. The normalized spacial score (nSPS) is 15.5. The van der Waals surface area contributed by atoms with E-state index >= 15 is 0 Å². The van der Waals surface area contributed by atoms with E-state index in [4.69, 9.17) is 4.74 Å². The summed E-state index contributed by atoms with van der Waals surface area (Å²) in [4.78, 5) is 13.2. The van der Waals surface area contributed by atoms with Crippen LogP contribution in [0.5, 0.6) is 5.75 Å². The van der Waals surface area contributed by atoms with Crippen molar-refractivity contribution < 1.29 is 17.9 Å². The molecule has 6 nitrogen and oxygen atoms in total. The summed E-state index contributed by atoms with van der Waals surface area (Å²) in [7, 11) is -2.41. The lowest BCUT2D eigenvalue weighted by Crippen LogP contribution is -2.25. The van der Waals surface area contributed by atoms with Crippen molar-refractivity contribution in [3.05, 3.63) is 83.4 Å². The van der Waals surface area contributed by atoms with Crippen LogP contribution in [0.4, 0.5) is 11.4 Å².